The molecule has 0 aliphatic carbocycles. The van der Waals surface area contributed by atoms with E-state index in [4.69, 9.17) is 4.74 Å². The molecule has 0 radical (unpaired) electrons. The zero-order chi connectivity index (χ0) is 16.2. The highest BCUT2D eigenvalue weighted by Crippen LogP contribution is 2.24. The molecule has 0 spiro atoms. The summed E-state index contributed by atoms with van der Waals surface area (Å²) in [5.41, 5.74) is 2.64. The number of unbranched alkanes of at least 4 members (excludes halogenated alkanes) is 1. The minimum absolute atomic E-state index is 0.0812. The molecule has 0 aliphatic rings. The lowest BCUT2D eigenvalue weighted by atomic mass is 10.1. The molecule has 21 heavy (non-hydrogen) atoms. The Bertz CT molecular complexity index is 530. The van der Waals surface area contributed by atoms with E-state index in [9.17, 15) is 9.59 Å². The topological polar surface area (TPSA) is 51.5 Å². The van der Waals surface area contributed by atoms with Crippen LogP contribution in [0.4, 0.5) is 0 Å². The number of aromatic nitrogens is 1. The first kappa shape index (κ1) is 17.3. The number of hydrogen-bond donors (Lipinski definition) is 0. The Balaban J connectivity index is 3.42. The van der Waals surface area contributed by atoms with Crippen LogP contribution in [0.1, 0.15) is 58.8 Å². The molecule has 0 aromatic carbocycles. The maximum absolute atomic E-state index is 12.4. The zero-order valence-electron chi connectivity index (χ0n) is 13.9. The van der Waals surface area contributed by atoms with Gasteiger partial charge in [0.1, 0.15) is 5.69 Å². The lowest BCUT2D eigenvalue weighted by molar-refractivity contribution is 0.0524. The first-order valence-corrected chi connectivity index (χ1v) is 7.45. The van der Waals surface area contributed by atoms with Gasteiger partial charge in [0.05, 0.1) is 12.2 Å². The van der Waals surface area contributed by atoms with Gasteiger partial charge in [0.2, 0.25) is 0 Å². The molecule has 0 saturated carbocycles. The van der Waals surface area contributed by atoms with Crippen molar-refractivity contribution in [2.75, 3.05) is 20.7 Å². The molecule has 0 unspecified atom stereocenters. The average molecular weight is 294 g/mol. The number of carbonyl (C=O) groups excluding carboxylic acids is 2. The standard InChI is InChI=1S/C16H26N2O3/c1-7-9-10-18-12(4)13(16(20)21-8-2)11(3)14(18)15(19)17(5)6/h7-10H2,1-6H3. The van der Waals surface area contributed by atoms with Gasteiger partial charge >= 0.3 is 5.97 Å². The predicted molar refractivity (Wildman–Crippen MR) is 82.8 cm³/mol. The van der Waals surface area contributed by atoms with Crippen LogP contribution in [-0.2, 0) is 11.3 Å². The van der Waals surface area contributed by atoms with E-state index in [2.05, 4.69) is 6.92 Å². The average Bonchev–Trinajstić information content (AvgIpc) is 2.66. The van der Waals surface area contributed by atoms with Crippen molar-refractivity contribution >= 4 is 11.9 Å². The second kappa shape index (κ2) is 7.29. The van der Waals surface area contributed by atoms with Crippen molar-refractivity contribution in [3.05, 3.63) is 22.5 Å². The van der Waals surface area contributed by atoms with Gasteiger partial charge in [-0.2, -0.15) is 0 Å². The Labute approximate surface area is 126 Å². The molecule has 0 N–H and O–H groups in total. The van der Waals surface area contributed by atoms with Gasteiger partial charge in [-0.15, -0.1) is 0 Å². The Hall–Kier alpha value is -1.78. The predicted octanol–water partition coefficient (Wildman–Crippen LogP) is 2.78. The Morgan fingerprint density at radius 1 is 1.19 bits per heavy atom. The van der Waals surface area contributed by atoms with E-state index in [1.54, 1.807) is 25.9 Å². The molecule has 0 fully saturated rings. The van der Waals surface area contributed by atoms with E-state index < -0.39 is 0 Å². The maximum Gasteiger partial charge on any atom is 0.340 e. The maximum atomic E-state index is 12.4. The van der Waals surface area contributed by atoms with Crippen LogP contribution in [-0.4, -0.2) is 42.0 Å². The minimum Gasteiger partial charge on any atom is -0.462 e. The number of carbonyl (C=O) groups is 2. The van der Waals surface area contributed by atoms with Crippen molar-refractivity contribution in [1.82, 2.24) is 9.47 Å². The summed E-state index contributed by atoms with van der Waals surface area (Å²) in [5, 5.41) is 0. The van der Waals surface area contributed by atoms with Crippen molar-refractivity contribution in [3.63, 3.8) is 0 Å². The monoisotopic (exact) mass is 294 g/mol. The molecule has 0 aliphatic heterocycles. The van der Waals surface area contributed by atoms with E-state index in [1.165, 1.54) is 0 Å². The molecule has 1 heterocycles. The van der Waals surface area contributed by atoms with Crippen molar-refractivity contribution in [1.29, 1.82) is 0 Å². The molecule has 1 amide bonds. The highest BCUT2D eigenvalue weighted by atomic mass is 16.5. The normalized spacial score (nSPS) is 10.6. The second-order valence-corrected chi connectivity index (χ2v) is 5.36. The molecule has 5 nitrogen and oxygen atoms in total. The van der Waals surface area contributed by atoms with Crippen molar-refractivity contribution in [2.24, 2.45) is 0 Å². The number of nitrogens with zero attached hydrogens (tertiary/aromatic N) is 2. The van der Waals surface area contributed by atoms with Crippen molar-refractivity contribution < 1.29 is 14.3 Å². The molecule has 0 bridgehead atoms. The van der Waals surface area contributed by atoms with E-state index in [1.807, 2.05) is 18.4 Å². The Kier molecular flexibility index (Phi) is 6.00. The van der Waals surface area contributed by atoms with Gasteiger partial charge in [-0.25, -0.2) is 4.79 Å². The molecular formula is C16H26N2O3. The summed E-state index contributed by atoms with van der Waals surface area (Å²) >= 11 is 0. The van der Waals surface area contributed by atoms with Crippen LogP contribution in [0.3, 0.4) is 0 Å². The number of hydrogen-bond acceptors (Lipinski definition) is 3. The van der Waals surface area contributed by atoms with Crippen LogP contribution < -0.4 is 0 Å². The molecule has 1 rings (SSSR count). The fourth-order valence-electron chi connectivity index (χ4n) is 2.48. The van der Waals surface area contributed by atoms with E-state index >= 15 is 0 Å². The van der Waals surface area contributed by atoms with Crippen LogP contribution >= 0.6 is 0 Å². The van der Waals surface area contributed by atoms with E-state index in [0.717, 1.165) is 25.1 Å². The summed E-state index contributed by atoms with van der Waals surface area (Å²) in [6, 6.07) is 0. The summed E-state index contributed by atoms with van der Waals surface area (Å²) in [6.07, 6.45) is 1.99. The van der Waals surface area contributed by atoms with Crippen LogP contribution in [0, 0.1) is 13.8 Å². The Morgan fingerprint density at radius 2 is 1.81 bits per heavy atom. The summed E-state index contributed by atoms with van der Waals surface area (Å²) in [7, 11) is 3.44. The molecule has 0 atom stereocenters. The lowest BCUT2D eigenvalue weighted by Crippen LogP contribution is -2.25. The number of amides is 1. The van der Waals surface area contributed by atoms with Gasteiger partial charge in [-0.05, 0) is 32.8 Å². The first-order valence-electron chi connectivity index (χ1n) is 7.45. The molecular weight excluding hydrogens is 268 g/mol. The van der Waals surface area contributed by atoms with E-state index in [-0.39, 0.29) is 11.9 Å². The summed E-state index contributed by atoms with van der Waals surface area (Å²) in [4.78, 5) is 26.1. The zero-order valence-corrected chi connectivity index (χ0v) is 13.9. The summed E-state index contributed by atoms with van der Waals surface area (Å²) < 4.78 is 7.08. The van der Waals surface area contributed by atoms with E-state index in [0.29, 0.717) is 23.4 Å². The molecule has 1 aromatic heterocycles. The second-order valence-electron chi connectivity index (χ2n) is 5.36. The minimum atomic E-state index is -0.351. The van der Waals surface area contributed by atoms with Gasteiger partial charge in [-0.3, -0.25) is 4.79 Å². The summed E-state index contributed by atoms with van der Waals surface area (Å²) in [6.45, 7) is 8.64. The van der Waals surface area contributed by atoms with Gasteiger partial charge < -0.3 is 14.2 Å². The third-order valence-electron chi connectivity index (χ3n) is 3.59. The fourth-order valence-corrected chi connectivity index (χ4v) is 2.48. The fraction of sp³-hybridized carbons (Fsp3) is 0.625. The smallest absolute Gasteiger partial charge is 0.340 e. The highest BCUT2D eigenvalue weighted by Gasteiger charge is 2.27. The van der Waals surface area contributed by atoms with Gasteiger partial charge in [0.25, 0.3) is 5.91 Å². The van der Waals surface area contributed by atoms with Crippen molar-refractivity contribution in [2.45, 2.75) is 47.1 Å². The van der Waals surface area contributed by atoms with Crippen LogP contribution in [0.25, 0.3) is 0 Å². The third kappa shape index (κ3) is 3.46. The molecule has 5 heteroatoms. The van der Waals surface area contributed by atoms with Crippen LogP contribution in [0.15, 0.2) is 0 Å². The SMILES string of the molecule is CCCCn1c(C)c(C(=O)OCC)c(C)c1C(=O)N(C)C. The molecule has 118 valence electrons. The third-order valence-corrected chi connectivity index (χ3v) is 3.59. The first-order chi connectivity index (χ1) is 9.86. The largest absolute Gasteiger partial charge is 0.462 e. The van der Waals surface area contributed by atoms with Crippen LogP contribution in [0.5, 0.6) is 0 Å². The van der Waals surface area contributed by atoms with Gasteiger partial charge in [-0.1, -0.05) is 13.3 Å². The highest BCUT2D eigenvalue weighted by molar-refractivity contribution is 6.00. The number of ether oxygens (including phenoxy) is 1. The number of esters is 1. The summed E-state index contributed by atoms with van der Waals surface area (Å²) in [5.74, 6) is -0.433. The van der Waals surface area contributed by atoms with Gasteiger partial charge in [0, 0.05) is 26.3 Å². The quantitative estimate of drug-likeness (QED) is 0.758. The van der Waals surface area contributed by atoms with Gasteiger partial charge in [0.15, 0.2) is 0 Å². The molecule has 0 saturated heterocycles. The lowest BCUT2D eigenvalue weighted by Gasteiger charge is -2.15. The number of rotatable bonds is 6. The van der Waals surface area contributed by atoms with Crippen LogP contribution in [0.2, 0.25) is 0 Å². The van der Waals surface area contributed by atoms with Crippen molar-refractivity contribution in [3.8, 4) is 0 Å². The Morgan fingerprint density at radius 3 is 2.29 bits per heavy atom. The molecule has 1 aromatic rings.